The minimum atomic E-state index is -0.0689. The summed E-state index contributed by atoms with van der Waals surface area (Å²) in [4.78, 5) is 26.3. The number of anilines is 2. The van der Waals surface area contributed by atoms with Crippen molar-refractivity contribution < 1.29 is 9.59 Å². The molecule has 3 fully saturated rings. The molecule has 0 bridgehead atoms. The van der Waals surface area contributed by atoms with Crippen molar-refractivity contribution in [3.63, 3.8) is 0 Å². The fraction of sp³-hybridized carbons (Fsp3) is 0.556. The quantitative estimate of drug-likeness (QED) is 0.794. The molecule has 1 unspecified atom stereocenters. The van der Waals surface area contributed by atoms with Gasteiger partial charge in [-0.2, -0.15) is 0 Å². The highest BCUT2D eigenvalue weighted by Crippen LogP contribution is 2.58. The topological polar surface area (TPSA) is 73.5 Å². The van der Waals surface area contributed by atoms with Gasteiger partial charge in [0.1, 0.15) is 0 Å². The lowest BCUT2D eigenvalue weighted by Gasteiger charge is -2.27. The van der Waals surface area contributed by atoms with E-state index in [0.717, 1.165) is 56.7 Å². The standard InChI is InChI=1S/C18H24N4O2/c23-16(15-12-18(15)5-8-19-9-6-18)21-13-3-1-4-14(11-13)22-10-2-7-20-17(22)24/h1,3-4,11,15,19H,2,5-10,12H2,(H,20,24)(H,21,23). The highest BCUT2D eigenvalue weighted by atomic mass is 16.2. The summed E-state index contributed by atoms with van der Waals surface area (Å²) in [5.41, 5.74) is 1.84. The van der Waals surface area contributed by atoms with Crippen LogP contribution in [0.15, 0.2) is 24.3 Å². The van der Waals surface area contributed by atoms with Gasteiger partial charge in [0.2, 0.25) is 5.91 Å². The maximum Gasteiger partial charge on any atom is 0.321 e. The van der Waals surface area contributed by atoms with Crippen LogP contribution >= 0.6 is 0 Å². The van der Waals surface area contributed by atoms with Crippen LogP contribution in [-0.4, -0.2) is 38.1 Å². The lowest BCUT2D eigenvalue weighted by Crippen LogP contribution is -2.46. The van der Waals surface area contributed by atoms with E-state index in [0.29, 0.717) is 6.54 Å². The molecular formula is C18H24N4O2. The average molecular weight is 328 g/mol. The third-order valence-electron chi connectivity index (χ3n) is 5.61. The number of rotatable bonds is 3. The number of nitrogens with zero attached hydrogens (tertiary/aromatic N) is 1. The summed E-state index contributed by atoms with van der Waals surface area (Å²) in [7, 11) is 0. The molecule has 2 heterocycles. The zero-order valence-corrected chi connectivity index (χ0v) is 13.8. The molecule has 1 saturated carbocycles. The normalized spacial score (nSPS) is 25.2. The van der Waals surface area contributed by atoms with E-state index in [2.05, 4.69) is 16.0 Å². The van der Waals surface area contributed by atoms with Crippen molar-refractivity contribution >= 4 is 23.3 Å². The summed E-state index contributed by atoms with van der Waals surface area (Å²) in [5.74, 6) is 0.263. The SMILES string of the molecule is O=C(Nc1cccc(N2CCCNC2=O)c1)C1CC12CCNCC2. The summed E-state index contributed by atoms with van der Waals surface area (Å²) in [6.45, 7) is 3.47. The number of benzene rings is 1. The molecule has 2 saturated heterocycles. The third kappa shape index (κ3) is 2.86. The first-order valence-corrected chi connectivity index (χ1v) is 8.85. The molecule has 3 amide bonds. The first-order chi connectivity index (χ1) is 11.7. The Labute approximate surface area is 142 Å². The zero-order valence-electron chi connectivity index (χ0n) is 13.8. The van der Waals surface area contributed by atoms with E-state index in [1.165, 1.54) is 0 Å². The van der Waals surface area contributed by atoms with Crippen LogP contribution in [0, 0.1) is 11.3 Å². The highest BCUT2D eigenvalue weighted by molar-refractivity contribution is 5.97. The van der Waals surface area contributed by atoms with Gasteiger partial charge in [0.15, 0.2) is 0 Å². The number of urea groups is 1. The number of hydrogen-bond acceptors (Lipinski definition) is 3. The first-order valence-electron chi connectivity index (χ1n) is 8.85. The van der Waals surface area contributed by atoms with Gasteiger partial charge in [-0.05, 0) is 62.4 Å². The molecule has 3 N–H and O–H groups in total. The molecule has 24 heavy (non-hydrogen) atoms. The summed E-state index contributed by atoms with van der Waals surface area (Å²) in [6.07, 6.45) is 4.13. The molecule has 1 aliphatic carbocycles. The predicted molar refractivity (Wildman–Crippen MR) is 93.1 cm³/mol. The maximum atomic E-state index is 12.6. The Balaban J connectivity index is 1.43. The molecule has 0 aromatic heterocycles. The molecule has 1 spiro atoms. The van der Waals surface area contributed by atoms with Gasteiger partial charge in [-0.1, -0.05) is 6.07 Å². The molecule has 4 rings (SSSR count). The smallest absolute Gasteiger partial charge is 0.321 e. The van der Waals surface area contributed by atoms with Crippen LogP contribution in [0.4, 0.5) is 16.2 Å². The van der Waals surface area contributed by atoms with E-state index < -0.39 is 0 Å². The number of carbonyl (C=O) groups excluding carboxylic acids is 2. The molecule has 2 aliphatic heterocycles. The molecule has 1 atom stereocenters. The summed E-state index contributed by atoms with van der Waals surface area (Å²) in [6, 6.07) is 7.51. The minimum absolute atomic E-state index is 0.0689. The maximum absolute atomic E-state index is 12.6. The van der Waals surface area contributed by atoms with Gasteiger partial charge in [-0.3, -0.25) is 9.69 Å². The van der Waals surface area contributed by atoms with Crippen molar-refractivity contribution in [2.75, 3.05) is 36.4 Å². The van der Waals surface area contributed by atoms with Crippen molar-refractivity contribution in [2.24, 2.45) is 11.3 Å². The van der Waals surface area contributed by atoms with E-state index in [1.54, 1.807) is 4.90 Å². The molecule has 3 aliphatic rings. The van der Waals surface area contributed by atoms with Crippen LogP contribution in [0.1, 0.15) is 25.7 Å². The van der Waals surface area contributed by atoms with Crippen molar-refractivity contribution in [3.05, 3.63) is 24.3 Å². The molecule has 1 aromatic carbocycles. The molecule has 6 nitrogen and oxygen atoms in total. The molecule has 128 valence electrons. The van der Waals surface area contributed by atoms with Crippen molar-refractivity contribution in [2.45, 2.75) is 25.7 Å². The minimum Gasteiger partial charge on any atom is -0.338 e. The van der Waals surface area contributed by atoms with E-state index in [1.807, 2.05) is 24.3 Å². The first kappa shape index (κ1) is 15.4. The average Bonchev–Trinajstić information content (AvgIpc) is 3.29. The third-order valence-corrected chi connectivity index (χ3v) is 5.61. The van der Waals surface area contributed by atoms with Crippen LogP contribution in [0.3, 0.4) is 0 Å². The van der Waals surface area contributed by atoms with Crippen LogP contribution in [-0.2, 0) is 4.79 Å². The van der Waals surface area contributed by atoms with Crippen LogP contribution in [0.5, 0.6) is 0 Å². The molecular weight excluding hydrogens is 304 g/mol. The second-order valence-electron chi connectivity index (χ2n) is 7.15. The fourth-order valence-electron chi connectivity index (χ4n) is 4.05. The molecule has 0 radical (unpaired) electrons. The van der Waals surface area contributed by atoms with E-state index >= 15 is 0 Å². The van der Waals surface area contributed by atoms with Gasteiger partial charge in [-0.25, -0.2) is 4.79 Å². The van der Waals surface area contributed by atoms with Crippen molar-refractivity contribution in [1.29, 1.82) is 0 Å². The number of carbonyl (C=O) groups is 2. The number of hydrogen-bond donors (Lipinski definition) is 3. The fourth-order valence-corrected chi connectivity index (χ4v) is 4.05. The van der Waals surface area contributed by atoms with Crippen LogP contribution in [0.2, 0.25) is 0 Å². The Hall–Kier alpha value is -2.08. The Bertz CT molecular complexity index is 654. The van der Waals surface area contributed by atoms with Crippen LogP contribution < -0.4 is 20.9 Å². The Morgan fingerprint density at radius 1 is 1.25 bits per heavy atom. The van der Waals surface area contributed by atoms with Crippen molar-refractivity contribution in [1.82, 2.24) is 10.6 Å². The van der Waals surface area contributed by atoms with Gasteiger partial charge in [-0.15, -0.1) is 0 Å². The predicted octanol–water partition coefficient (Wildman–Crippen LogP) is 1.93. The summed E-state index contributed by atoms with van der Waals surface area (Å²) < 4.78 is 0. The monoisotopic (exact) mass is 328 g/mol. The number of piperidine rings is 1. The lowest BCUT2D eigenvalue weighted by atomic mass is 9.92. The van der Waals surface area contributed by atoms with E-state index in [4.69, 9.17) is 0 Å². The molecule has 6 heteroatoms. The van der Waals surface area contributed by atoms with Crippen LogP contribution in [0.25, 0.3) is 0 Å². The second kappa shape index (κ2) is 6.09. The van der Waals surface area contributed by atoms with Gasteiger partial charge in [0, 0.05) is 30.4 Å². The largest absolute Gasteiger partial charge is 0.338 e. The second-order valence-corrected chi connectivity index (χ2v) is 7.15. The molecule has 1 aromatic rings. The Morgan fingerprint density at radius 2 is 2.08 bits per heavy atom. The van der Waals surface area contributed by atoms with E-state index in [-0.39, 0.29) is 23.3 Å². The van der Waals surface area contributed by atoms with E-state index in [9.17, 15) is 9.59 Å². The highest BCUT2D eigenvalue weighted by Gasteiger charge is 2.57. The van der Waals surface area contributed by atoms with Crippen molar-refractivity contribution in [3.8, 4) is 0 Å². The van der Waals surface area contributed by atoms with Gasteiger partial charge in [0.25, 0.3) is 0 Å². The Morgan fingerprint density at radius 3 is 2.88 bits per heavy atom. The number of amides is 3. The number of nitrogens with one attached hydrogen (secondary N) is 3. The summed E-state index contributed by atoms with van der Waals surface area (Å²) in [5, 5.41) is 9.27. The lowest BCUT2D eigenvalue weighted by molar-refractivity contribution is -0.118. The zero-order chi connectivity index (χ0) is 16.6. The van der Waals surface area contributed by atoms with Gasteiger partial charge in [0.05, 0.1) is 0 Å². The Kier molecular flexibility index (Phi) is 3.92. The summed E-state index contributed by atoms with van der Waals surface area (Å²) >= 11 is 0. The van der Waals surface area contributed by atoms with Gasteiger partial charge < -0.3 is 16.0 Å². The van der Waals surface area contributed by atoms with Gasteiger partial charge >= 0.3 is 6.03 Å².